The van der Waals surface area contributed by atoms with E-state index in [1.54, 1.807) is 18.7 Å². The molecule has 0 aromatic heterocycles. The monoisotopic (exact) mass is 291 g/mol. The third kappa shape index (κ3) is 1.99. The van der Waals surface area contributed by atoms with E-state index in [0.717, 1.165) is 6.42 Å². The second kappa shape index (κ2) is 4.63. The molecule has 1 aromatic carbocycles. The van der Waals surface area contributed by atoms with Crippen LogP contribution in [0.1, 0.15) is 48.7 Å². The molecule has 112 valence electrons. The highest BCUT2D eigenvalue weighted by Crippen LogP contribution is 2.45. The summed E-state index contributed by atoms with van der Waals surface area (Å²) in [5, 5.41) is 10.6. The van der Waals surface area contributed by atoms with Crippen molar-refractivity contribution in [2.75, 3.05) is 6.54 Å². The first-order valence-electron chi connectivity index (χ1n) is 7.16. The minimum absolute atomic E-state index is 0.0561. The van der Waals surface area contributed by atoms with Gasteiger partial charge in [0.2, 0.25) is 5.91 Å². The number of benzene rings is 1. The Morgan fingerprint density at radius 2 is 2.05 bits per heavy atom. The summed E-state index contributed by atoms with van der Waals surface area (Å²) in [6.45, 7) is 3.86. The molecule has 21 heavy (non-hydrogen) atoms. The van der Waals surface area contributed by atoms with E-state index in [1.807, 2.05) is 0 Å². The first-order chi connectivity index (χ1) is 9.84. The molecule has 4 nitrogen and oxygen atoms in total. The molecule has 1 fully saturated rings. The summed E-state index contributed by atoms with van der Waals surface area (Å²) >= 11 is 0. The summed E-state index contributed by atoms with van der Waals surface area (Å²) in [7, 11) is 0. The number of aliphatic hydroxyl groups is 1. The summed E-state index contributed by atoms with van der Waals surface area (Å²) in [6, 6.07) is 3.31. The van der Waals surface area contributed by atoms with Gasteiger partial charge in [-0.2, -0.15) is 0 Å². The molecule has 1 aromatic rings. The average Bonchev–Trinajstić information content (AvgIpc) is 2.83. The van der Waals surface area contributed by atoms with Gasteiger partial charge >= 0.3 is 0 Å². The third-order valence-corrected chi connectivity index (χ3v) is 4.65. The first kappa shape index (κ1) is 14.2. The summed E-state index contributed by atoms with van der Waals surface area (Å²) < 4.78 is 13.6. The number of nitrogens with zero attached hydrogens (tertiary/aromatic N) is 1. The van der Waals surface area contributed by atoms with Gasteiger partial charge in [0.25, 0.3) is 0 Å². The number of carbonyl (C=O) groups is 2. The molecular formula is C16H18FNO3. The normalized spacial score (nSPS) is 27.9. The zero-order valence-electron chi connectivity index (χ0n) is 12.1. The molecule has 1 N–H and O–H groups in total. The van der Waals surface area contributed by atoms with Gasteiger partial charge in [0.1, 0.15) is 5.82 Å². The Kier molecular flexibility index (Phi) is 3.13. The predicted octanol–water partition coefficient (Wildman–Crippen LogP) is 2.07. The predicted molar refractivity (Wildman–Crippen MR) is 74.2 cm³/mol. The molecule has 2 aliphatic rings. The molecule has 0 saturated carbocycles. The number of carbonyl (C=O) groups excluding carboxylic acids is 2. The van der Waals surface area contributed by atoms with E-state index < -0.39 is 23.4 Å². The fourth-order valence-corrected chi connectivity index (χ4v) is 3.33. The fourth-order valence-electron chi connectivity index (χ4n) is 3.33. The molecule has 1 aliphatic carbocycles. The van der Waals surface area contributed by atoms with Crippen molar-refractivity contribution in [1.82, 2.24) is 4.90 Å². The lowest BCUT2D eigenvalue weighted by Gasteiger charge is -2.44. The quantitative estimate of drug-likeness (QED) is 0.861. The lowest BCUT2D eigenvalue weighted by molar-refractivity contribution is -0.134. The number of hydrogen-bond acceptors (Lipinski definition) is 3. The number of amides is 1. The van der Waals surface area contributed by atoms with Crippen molar-refractivity contribution < 1.29 is 19.1 Å². The van der Waals surface area contributed by atoms with Crippen LogP contribution in [-0.4, -0.2) is 34.3 Å². The number of halogens is 1. The van der Waals surface area contributed by atoms with Crippen LogP contribution in [0.5, 0.6) is 0 Å². The van der Waals surface area contributed by atoms with Gasteiger partial charge in [-0.15, -0.1) is 0 Å². The van der Waals surface area contributed by atoms with Crippen molar-refractivity contribution in [3.63, 3.8) is 0 Å². The van der Waals surface area contributed by atoms with Gasteiger partial charge in [-0.1, -0.05) is 0 Å². The van der Waals surface area contributed by atoms with Crippen molar-refractivity contribution in [2.24, 2.45) is 5.41 Å². The molecule has 2 unspecified atom stereocenters. The van der Waals surface area contributed by atoms with E-state index in [1.165, 1.54) is 18.2 Å². The lowest BCUT2D eigenvalue weighted by Crippen LogP contribution is -2.51. The van der Waals surface area contributed by atoms with Gasteiger partial charge in [0.05, 0.1) is 17.6 Å². The van der Waals surface area contributed by atoms with Crippen LogP contribution in [-0.2, 0) is 4.79 Å². The van der Waals surface area contributed by atoms with Crippen LogP contribution in [0.15, 0.2) is 18.2 Å². The fraction of sp³-hybridized carbons (Fsp3) is 0.500. The van der Waals surface area contributed by atoms with E-state index in [-0.39, 0.29) is 11.7 Å². The van der Waals surface area contributed by atoms with Crippen LogP contribution < -0.4 is 0 Å². The standard InChI is InChI=1S/C16H18FNO3/c1-16(2)14(20)10-6-5-9(17)8-11(10)13(15(16)21)18-7-3-4-12(18)19/h5-6,8,13,15,21H,3-4,7H2,1-2H3. The lowest BCUT2D eigenvalue weighted by atomic mass is 9.68. The molecule has 0 radical (unpaired) electrons. The maximum atomic E-state index is 13.6. The van der Waals surface area contributed by atoms with Crippen molar-refractivity contribution >= 4 is 11.7 Å². The van der Waals surface area contributed by atoms with Crippen LogP contribution in [0.3, 0.4) is 0 Å². The minimum Gasteiger partial charge on any atom is -0.390 e. The Hall–Kier alpha value is -1.75. The second-order valence-electron chi connectivity index (χ2n) is 6.36. The van der Waals surface area contributed by atoms with Crippen molar-refractivity contribution in [3.05, 3.63) is 35.1 Å². The second-order valence-corrected chi connectivity index (χ2v) is 6.36. The number of likely N-dealkylation sites (tertiary alicyclic amines) is 1. The number of Topliss-reactive ketones (excluding diaryl/α,β-unsaturated/α-hetero) is 1. The van der Waals surface area contributed by atoms with Crippen LogP contribution >= 0.6 is 0 Å². The first-order valence-corrected chi connectivity index (χ1v) is 7.16. The number of ketones is 1. The average molecular weight is 291 g/mol. The molecule has 1 aliphatic heterocycles. The number of rotatable bonds is 1. The van der Waals surface area contributed by atoms with Gasteiger partial charge in [0.15, 0.2) is 5.78 Å². The Morgan fingerprint density at radius 3 is 2.67 bits per heavy atom. The number of fused-ring (bicyclic) bond motifs is 1. The minimum atomic E-state index is -1.04. The third-order valence-electron chi connectivity index (χ3n) is 4.65. The van der Waals surface area contributed by atoms with Crippen molar-refractivity contribution in [1.29, 1.82) is 0 Å². The highest BCUT2D eigenvalue weighted by molar-refractivity contribution is 6.03. The van der Waals surface area contributed by atoms with Gasteiger partial charge in [-0.3, -0.25) is 9.59 Å². The van der Waals surface area contributed by atoms with Crippen molar-refractivity contribution in [2.45, 2.75) is 38.8 Å². The molecule has 5 heteroatoms. The van der Waals surface area contributed by atoms with Gasteiger partial charge < -0.3 is 10.0 Å². The van der Waals surface area contributed by atoms with E-state index in [9.17, 15) is 19.1 Å². The van der Waals surface area contributed by atoms with E-state index in [4.69, 9.17) is 0 Å². The molecule has 1 heterocycles. The Balaban J connectivity index is 2.18. The largest absolute Gasteiger partial charge is 0.390 e. The Bertz CT molecular complexity index is 626. The van der Waals surface area contributed by atoms with Gasteiger partial charge in [-0.25, -0.2) is 4.39 Å². The highest BCUT2D eigenvalue weighted by Gasteiger charge is 2.50. The molecular weight excluding hydrogens is 273 g/mol. The number of hydrogen-bond donors (Lipinski definition) is 1. The van der Waals surface area contributed by atoms with E-state index in [2.05, 4.69) is 0 Å². The summed E-state index contributed by atoms with van der Waals surface area (Å²) in [6.07, 6.45) is 0.116. The SMILES string of the molecule is CC1(C)C(=O)c2ccc(F)cc2C(N2CCCC2=O)C1O. The maximum absolute atomic E-state index is 13.6. The number of aliphatic hydroxyl groups excluding tert-OH is 1. The summed E-state index contributed by atoms with van der Waals surface area (Å²) in [5.74, 6) is -0.739. The van der Waals surface area contributed by atoms with Gasteiger partial charge in [0, 0.05) is 18.5 Å². The van der Waals surface area contributed by atoms with Crippen LogP contribution in [0.25, 0.3) is 0 Å². The molecule has 0 bridgehead atoms. The molecule has 3 rings (SSSR count). The summed E-state index contributed by atoms with van der Waals surface area (Å²) in [4.78, 5) is 26.1. The van der Waals surface area contributed by atoms with Gasteiger partial charge in [-0.05, 0) is 44.0 Å². The summed E-state index contributed by atoms with van der Waals surface area (Å²) in [5.41, 5.74) is -0.184. The Labute approximate surface area is 122 Å². The van der Waals surface area contributed by atoms with Crippen LogP contribution in [0.4, 0.5) is 4.39 Å². The highest BCUT2D eigenvalue weighted by atomic mass is 19.1. The molecule has 0 spiro atoms. The Morgan fingerprint density at radius 1 is 1.33 bits per heavy atom. The maximum Gasteiger partial charge on any atom is 0.223 e. The zero-order chi connectivity index (χ0) is 15.4. The smallest absolute Gasteiger partial charge is 0.223 e. The van der Waals surface area contributed by atoms with E-state index >= 15 is 0 Å². The van der Waals surface area contributed by atoms with E-state index in [0.29, 0.717) is 24.1 Å². The zero-order valence-corrected chi connectivity index (χ0v) is 12.1. The molecule has 1 amide bonds. The molecule has 1 saturated heterocycles. The van der Waals surface area contributed by atoms with Crippen LogP contribution in [0, 0.1) is 11.2 Å². The topological polar surface area (TPSA) is 57.6 Å². The molecule has 2 atom stereocenters. The van der Waals surface area contributed by atoms with Crippen molar-refractivity contribution in [3.8, 4) is 0 Å². The van der Waals surface area contributed by atoms with Crippen LogP contribution in [0.2, 0.25) is 0 Å².